The lowest BCUT2D eigenvalue weighted by atomic mass is 9.96. The summed E-state index contributed by atoms with van der Waals surface area (Å²) in [5.74, 6) is 2.65. The van der Waals surface area contributed by atoms with Gasteiger partial charge in [0.2, 0.25) is 0 Å². The summed E-state index contributed by atoms with van der Waals surface area (Å²) < 4.78 is 2.22. The highest BCUT2D eigenvalue weighted by Crippen LogP contribution is 2.27. The second-order valence-corrected chi connectivity index (χ2v) is 7.90. The van der Waals surface area contributed by atoms with Crippen LogP contribution in [0, 0.1) is 11.3 Å². The molecule has 3 heterocycles. The minimum Gasteiger partial charge on any atom is -0.317 e. The molecule has 1 aromatic carbocycles. The molecule has 27 heavy (non-hydrogen) atoms. The molecule has 142 valence electrons. The van der Waals surface area contributed by atoms with Crippen molar-refractivity contribution < 1.29 is 0 Å². The first-order valence-electron chi connectivity index (χ1n) is 10.0. The molecular weight excluding hydrogens is 336 g/mol. The average molecular weight is 364 g/mol. The quantitative estimate of drug-likeness (QED) is 0.816. The lowest BCUT2D eigenvalue weighted by Gasteiger charge is -2.32. The Balaban J connectivity index is 1.42. The van der Waals surface area contributed by atoms with E-state index in [0.29, 0.717) is 5.92 Å². The van der Waals surface area contributed by atoms with Gasteiger partial charge in [0.25, 0.3) is 0 Å². The summed E-state index contributed by atoms with van der Waals surface area (Å²) in [6.45, 7) is 6.28. The molecule has 1 unspecified atom stereocenters. The maximum absolute atomic E-state index is 9.11. The van der Waals surface area contributed by atoms with E-state index < -0.39 is 0 Å². The number of nitrogens with zero attached hydrogens (tertiary/aromatic N) is 6. The standard InChI is InChI=1S/C21H28N6/c1-25-20(16-26-9-2-3-10-26)23-24-21(25)19-8-5-11-27(15-19)14-18-7-4-6-17(12-18)13-22/h4,6-7,12,19H,2-3,5,8-11,14-16H2,1H3. The lowest BCUT2D eigenvalue weighted by molar-refractivity contribution is 0.195. The third kappa shape index (κ3) is 4.20. The minimum atomic E-state index is 0.433. The van der Waals surface area contributed by atoms with Gasteiger partial charge in [-0.05, 0) is 63.0 Å². The molecule has 0 bridgehead atoms. The van der Waals surface area contributed by atoms with Gasteiger partial charge in [-0.1, -0.05) is 12.1 Å². The molecule has 2 aromatic rings. The molecule has 2 saturated heterocycles. The van der Waals surface area contributed by atoms with E-state index in [1.165, 1.54) is 44.3 Å². The summed E-state index contributed by atoms with van der Waals surface area (Å²) >= 11 is 0. The zero-order valence-electron chi connectivity index (χ0n) is 16.1. The van der Waals surface area contributed by atoms with Crippen molar-refractivity contribution in [1.82, 2.24) is 24.6 Å². The Labute approximate surface area is 161 Å². The first-order chi connectivity index (χ1) is 13.2. The van der Waals surface area contributed by atoms with Crippen LogP contribution in [-0.2, 0) is 20.1 Å². The SMILES string of the molecule is Cn1c(CN2CCCC2)nnc1C1CCCN(Cc2cccc(C#N)c2)C1. The van der Waals surface area contributed by atoms with Gasteiger partial charge in [-0.15, -0.1) is 10.2 Å². The highest BCUT2D eigenvalue weighted by atomic mass is 15.3. The number of likely N-dealkylation sites (tertiary alicyclic amines) is 2. The predicted octanol–water partition coefficient (Wildman–Crippen LogP) is 2.66. The molecule has 0 radical (unpaired) electrons. The van der Waals surface area contributed by atoms with Crippen molar-refractivity contribution in [2.24, 2.45) is 7.05 Å². The molecule has 0 saturated carbocycles. The topological polar surface area (TPSA) is 61.0 Å². The number of hydrogen-bond acceptors (Lipinski definition) is 5. The average Bonchev–Trinajstić information content (AvgIpc) is 3.33. The third-order valence-electron chi connectivity index (χ3n) is 5.90. The van der Waals surface area contributed by atoms with Gasteiger partial charge >= 0.3 is 0 Å². The molecule has 1 atom stereocenters. The van der Waals surface area contributed by atoms with Crippen LogP contribution in [0.4, 0.5) is 0 Å². The van der Waals surface area contributed by atoms with Crippen LogP contribution < -0.4 is 0 Å². The first kappa shape index (κ1) is 18.1. The second kappa shape index (κ2) is 8.20. The molecule has 4 rings (SSSR count). The molecule has 0 amide bonds. The monoisotopic (exact) mass is 364 g/mol. The summed E-state index contributed by atoms with van der Waals surface area (Å²) in [5.41, 5.74) is 1.95. The van der Waals surface area contributed by atoms with E-state index in [4.69, 9.17) is 5.26 Å². The van der Waals surface area contributed by atoms with Crippen LogP contribution in [0.2, 0.25) is 0 Å². The van der Waals surface area contributed by atoms with Crippen molar-refractivity contribution >= 4 is 0 Å². The summed E-state index contributed by atoms with van der Waals surface area (Å²) in [7, 11) is 2.12. The van der Waals surface area contributed by atoms with Crippen LogP contribution in [0.3, 0.4) is 0 Å². The van der Waals surface area contributed by atoms with Gasteiger partial charge in [-0.2, -0.15) is 5.26 Å². The largest absolute Gasteiger partial charge is 0.317 e. The molecule has 2 aliphatic heterocycles. The Hall–Kier alpha value is -2.23. The van der Waals surface area contributed by atoms with Crippen LogP contribution in [0.5, 0.6) is 0 Å². The predicted molar refractivity (Wildman–Crippen MR) is 104 cm³/mol. The Bertz CT molecular complexity index is 814. The summed E-state index contributed by atoms with van der Waals surface area (Å²) in [4.78, 5) is 4.96. The van der Waals surface area contributed by atoms with Gasteiger partial charge in [-0.3, -0.25) is 9.80 Å². The van der Waals surface area contributed by atoms with Crippen molar-refractivity contribution in [3.63, 3.8) is 0 Å². The highest BCUT2D eigenvalue weighted by molar-refractivity contribution is 5.32. The van der Waals surface area contributed by atoms with Crippen LogP contribution in [0.25, 0.3) is 0 Å². The van der Waals surface area contributed by atoms with Gasteiger partial charge < -0.3 is 4.57 Å². The summed E-state index contributed by atoms with van der Waals surface area (Å²) in [6, 6.07) is 10.2. The van der Waals surface area contributed by atoms with Crippen molar-refractivity contribution in [2.45, 2.75) is 44.7 Å². The zero-order chi connectivity index (χ0) is 18.6. The Kier molecular flexibility index (Phi) is 5.51. The molecule has 6 nitrogen and oxygen atoms in total. The van der Waals surface area contributed by atoms with E-state index in [1.807, 2.05) is 18.2 Å². The van der Waals surface area contributed by atoms with Crippen molar-refractivity contribution in [2.75, 3.05) is 26.2 Å². The minimum absolute atomic E-state index is 0.433. The second-order valence-electron chi connectivity index (χ2n) is 7.90. The number of piperidine rings is 1. The molecule has 1 aromatic heterocycles. The van der Waals surface area contributed by atoms with E-state index in [9.17, 15) is 0 Å². The number of hydrogen-bond donors (Lipinski definition) is 0. The fourth-order valence-electron chi connectivity index (χ4n) is 4.42. The molecule has 2 fully saturated rings. The molecule has 2 aliphatic rings. The number of aromatic nitrogens is 3. The maximum Gasteiger partial charge on any atom is 0.146 e. The molecule has 0 aliphatic carbocycles. The van der Waals surface area contributed by atoms with Crippen molar-refractivity contribution in [3.05, 3.63) is 47.0 Å². The number of nitriles is 1. The lowest BCUT2D eigenvalue weighted by Crippen LogP contribution is -2.35. The molecule has 0 spiro atoms. The van der Waals surface area contributed by atoms with E-state index in [1.54, 1.807) is 0 Å². The zero-order valence-corrected chi connectivity index (χ0v) is 16.1. The van der Waals surface area contributed by atoms with Gasteiger partial charge in [0.1, 0.15) is 11.6 Å². The maximum atomic E-state index is 9.11. The van der Waals surface area contributed by atoms with Crippen molar-refractivity contribution in [3.8, 4) is 6.07 Å². The van der Waals surface area contributed by atoms with Crippen LogP contribution in [-0.4, -0.2) is 50.7 Å². The molecular formula is C21H28N6. The summed E-state index contributed by atoms with van der Waals surface area (Å²) in [6.07, 6.45) is 4.95. The van der Waals surface area contributed by atoms with Gasteiger partial charge in [0.15, 0.2) is 0 Å². The summed E-state index contributed by atoms with van der Waals surface area (Å²) in [5, 5.41) is 18.2. The van der Waals surface area contributed by atoms with Crippen molar-refractivity contribution in [1.29, 1.82) is 5.26 Å². The van der Waals surface area contributed by atoms with Gasteiger partial charge in [0, 0.05) is 26.1 Å². The fraction of sp³-hybridized carbons (Fsp3) is 0.571. The first-order valence-corrected chi connectivity index (χ1v) is 10.0. The Morgan fingerprint density at radius 1 is 1.07 bits per heavy atom. The third-order valence-corrected chi connectivity index (χ3v) is 5.90. The molecule has 6 heteroatoms. The van der Waals surface area contributed by atoms with E-state index in [0.717, 1.165) is 43.4 Å². The van der Waals surface area contributed by atoms with E-state index in [-0.39, 0.29) is 0 Å². The van der Waals surface area contributed by atoms with Crippen LogP contribution >= 0.6 is 0 Å². The van der Waals surface area contributed by atoms with E-state index >= 15 is 0 Å². The van der Waals surface area contributed by atoms with Gasteiger partial charge in [-0.25, -0.2) is 0 Å². The van der Waals surface area contributed by atoms with Gasteiger partial charge in [0.05, 0.1) is 18.2 Å². The highest BCUT2D eigenvalue weighted by Gasteiger charge is 2.26. The Morgan fingerprint density at radius 2 is 1.89 bits per heavy atom. The number of benzene rings is 1. The van der Waals surface area contributed by atoms with E-state index in [2.05, 4.69) is 43.7 Å². The van der Waals surface area contributed by atoms with Crippen LogP contribution in [0.1, 0.15) is 54.4 Å². The molecule has 0 N–H and O–H groups in total. The normalized spacial score (nSPS) is 21.4. The van der Waals surface area contributed by atoms with Crippen LogP contribution in [0.15, 0.2) is 24.3 Å². The Morgan fingerprint density at radius 3 is 2.70 bits per heavy atom. The fourth-order valence-corrected chi connectivity index (χ4v) is 4.42. The number of rotatable bonds is 5. The smallest absolute Gasteiger partial charge is 0.146 e.